The Morgan fingerprint density at radius 2 is 2.33 bits per heavy atom. The van der Waals surface area contributed by atoms with Gasteiger partial charge in [-0.1, -0.05) is 6.07 Å². The van der Waals surface area contributed by atoms with Gasteiger partial charge < -0.3 is 10.8 Å². The summed E-state index contributed by atoms with van der Waals surface area (Å²) in [6.45, 7) is 0.275. The molecule has 0 saturated carbocycles. The number of rotatable bonds is 5. The van der Waals surface area contributed by atoms with E-state index in [1.54, 1.807) is 11.3 Å². The number of aliphatic hydroxyl groups excluding tert-OH is 1. The zero-order valence-corrected chi connectivity index (χ0v) is 7.89. The summed E-state index contributed by atoms with van der Waals surface area (Å²) in [5.74, 6) is 0. The second kappa shape index (κ2) is 5.30. The lowest BCUT2D eigenvalue weighted by Crippen LogP contribution is -2.08. The van der Waals surface area contributed by atoms with E-state index in [2.05, 4.69) is 6.07 Å². The molecule has 3 heteroatoms. The Labute approximate surface area is 77.0 Å². The van der Waals surface area contributed by atoms with Crippen LogP contribution >= 0.6 is 11.3 Å². The monoisotopic (exact) mass is 185 g/mol. The van der Waals surface area contributed by atoms with Crippen molar-refractivity contribution in [1.29, 1.82) is 0 Å². The first-order valence-electron chi connectivity index (χ1n) is 4.24. The molecule has 1 aromatic heterocycles. The molecule has 1 aromatic rings. The molecule has 0 spiro atoms. The highest BCUT2D eigenvalue weighted by molar-refractivity contribution is 7.10. The van der Waals surface area contributed by atoms with Crippen molar-refractivity contribution < 1.29 is 5.11 Å². The van der Waals surface area contributed by atoms with Crippen LogP contribution in [-0.2, 0) is 0 Å². The highest BCUT2D eigenvalue weighted by Gasteiger charge is 2.05. The van der Waals surface area contributed by atoms with E-state index in [-0.39, 0.29) is 12.6 Å². The minimum Gasteiger partial charge on any atom is -0.396 e. The van der Waals surface area contributed by atoms with Crippen LogP contribution < -0.4 is 5.73 Å². The predicted octanol–water partition coefficient (Wildman–Crippen LogP) is 1.91. The third-order valence-electron chi connectivity index (χ3n) is 1.83. The van der Waals surface area contributed by atoms with E-state index < -0.39 is 0 Å². The minimum atomic E-state index is 0.163. The molecule has 1 rings (SSSR count). The Morgan fingerprint density at radius 1 is 1.50 bits per heavy atom. The standard InChI is InChI=1S/C9H15NOS/c10-8(4-1-2-6-11)9-5-3-7-12-9/h3,5,7-8,11H,1-2,4,6,10H2/t8-/m1/s1. The quantitative estimate of drug-likeness (QED) is 0.688. The summed E-state index contributed by atoms with van der Waals surface area (Å²) in [4.78, 5) is 1.24. The van der Waals surface area contributed by atoms with Gasteiger partial charge in [-0.25, -0.2) is 0 Å². The molecular weight excluding hydrogens is 170 g/mol. The minimum absolute atomic E-state index is 0.163. The smallest absolute Gasteiger partial charge is 0.0431 e. The lowest BCUT2D eigenvalue weighted by Gasteiger charge is -2.07. The van der Waals surface area contributed by atoms with Crippen molar-refractivity contribution >= 4 is 11.3 Å². The van der Waals surface area contributed by atoms with E-state index in [9.17, 15) is 0 Å². The molecule has 0 aliphatic heterocycles. The molecule has 0 unspecified atom stereocenters. The maximum absolute atomic E-state index is 8.57. The van der Waals surface area contributed by atoms with Gasteiger partial charge in [-0.15, -0.1) is 11.3 Å². The predicted molar refractivity (Wildman–Crippen MR) is 52.2 cm³/mol. The van der Waals surface area contributed by atoms with E-state index in [4.69, 9.17) is 10.8 Å². The normalized spacial score (nSPS) is 13.2. The van der Waals surface area contributed by atoms with Crippen LogP contribution in [0.3, 0.4) is 0 Å². The highest BCUT2D eigenvalue weighted by Crippen LogP contribution is 2.20. The summed E-state index contributed by atoms with van der Waals surface area (Å²) in [7, 11) is 0. The first kappa shape index (κ1) is 9.71. The van der Waals surface area contributed by atoms with Gasteiger partial charge in [-0.05, 0) is 30.7 Å². The number of aliphatic hydroxyl groups is 1. The van der Waals surface area contributed by atoms with Crippen LogP contribution in [0.4, 0.5) is 0 Å². The third-order valence-corrected chi connectivity index (χ3v) is 2.84. The number of unbranched alkanes of at least 4 members (excludes halogenated alkanes) is 1. The Kier molecular flexibility index (Phi) is 4.29. The fourth-order valence-electron chi connectivity index (χ4n) is 1.12. The molecule has 0 aliphatic carbocycles. The molecule has 3 N–H and O–H groups in total. The summed E-state index contributed by atoms with van der Waals surface area (Å²) >= 11 is 1.70. The van der Waals surface area contributed by atoms with E-state index in [0.29, 0.717) is 0 Å². The molecule has 68 valence electrons. The molecule has 0 fully saturated rings. The van der Waals surface area contributed by atoms with Crippen molar-refractivity contribution in [1.82, 2.24) is 0 Å². The summed E-state index contributed by atoms with van der Waals surface area (Å²) < 4.78 is 0. The molecule has 12 heavy (non-hydrogen) atoms. The van der Waals surface area contributed by atoms with Gasteiger partial charge in [-0.3, -0.25) is 0 Å². The van der Waals surface area contributed by atoms with Crippen molar-refractivity contribution in [2.75, 3.05) is 6.61 Å². The Morgan fingerprint density at radius 3 is 2.92 bits per heavy atom. The first-order chi connectivity index (χ1) is 5.84. The Hall–Kier alpha value is -0.380. The Balaban J connectivity index is 2.25. The Bertz CT molecular complexity index is 198. The number of hydrogen-bond acceptors (Lipinski definition) is 3. The van der Waals surface area contributed by atoms with E-state index in [1.165, 1.54) is 4.88 Å². The van der Waals surface area contributed by atoms with Crippen LogP contribution in [0.1, 0.15) is 30.2 Å². The maximum atomic E-state index is 8.57. The largest absolute Gasteiger partial charge is 0.396 e. The summed E-state index contributed by atoms with van der Waals surface area (Å²) in [5.41, 5.74) is 5.91. The van der Waals surface area contributed by atoms with Gasteiger partial charge in [0.1, 0.15) is 0 Å². The second-order valence-corrected chi connectivity index (χ2v) is 3.82. The molecular formula is C9H15NOS. The molecule has 1 atom stereocenters. The van der Waals surface area contributed by atoms with Crippen molar-refractivity contribution in [2.24, 2.45) is 5.73 Å². The number of hydrogen-bond donors (Lipinski definition) is 2. The van der Waals surface area contributed by atoms with Crippen LogP contribution in [0.25, 0.3) is 0 Å². The van der Waals surface area contributed by atoms with Gasteiger partial charge in [0.05, 0.1) is 0 Å². The SMILES string of the molecule is N[C@H](CCCCO)c1cccs1. The molecule has 0 saturated heterocycles. The summed E-state index contributed by atoms with van der Waals surface area (Å²) in [5, 5.41) is 10.6. The zero-order chi connectivity index (χ0) is 8.81. The molecule has 0 amide bonds. The molecule has 1 heterocycles. The molecule has 0 radical (unpaired) electrons. The van der Waals surface area contributed by atoms with E-state index in [0.717, 1.165) is 19.3 Å². The number of thiophene rings is 1. The lowest BCUT2D eigenvalue weighted by atomic mass is 10.1. The lowest BCUT2D eigenvalue weighted by molar-refractivity contribution is 0.281. The maximum Gasteiger partial charge on any atom is 0.0431 e. The fourth-order valence-corrected chi connectivity index (χ4v) is 1.88. The van der Waals surface area contributed by atoms with Gasteiger partial charge in [0.15, 0.2) is 0 Å². The zero-order valence-electron chi connectivity index (χ0n) is 7.07. The third kappa shape index (κ3) is 2.93. The molecule has 2 nitrogen and oxygen atoms in total. The van der Waals surface area contributed by atoms with Crippen molar-refractivity contribution in [2.45, 2.75) is 25.3 Å². The van der Waals surface area contributed by atoms with Gasteiger partial charge in [0.2, 0.25) is 0 Å². The molecule has 0 aliphatic rings. The van der Waals surface area contributed by atoms with Crippen LogP contribution in [-0.4, -0.2) is 11.7 Å². The van der Waals surface area contributed by atoms with Crippen molar-refractivity contribution in [3.8, 4) is 0 Å². The van der Waals surface area contributed by atoms with Crippen LogP contribution in [0, 0.1) is 0 Å². The average Bonchev–Trinajstić information content (AvgIpc) is 2.56. The van der Waals surface area contributed by atoms with Crippen LogP contribution in [0.15, 0.2) is 17.5 Å². The average molecular weight is 185 g/mol. The second-order valence-electron chi connectivity index (χ2n) is 2.84. The van der Waals surface area contributed by atoms with Crippen molar-refractivity contribution in [3.63, 3.8) is 0 Å². The highest BCUT2D eigenvalue weighted by atomic mass is 32.1. The van der Waals surface area contributed by atoms with Crippen LogP contribution in [0.5, 0.6) is 0 Å². The summed E-state index contributed by atoms with van der Waals surface area (Å²) in [6, 6.07) is 4.25. The van der Waals surface area contributed by atoms with E-state index >= 15 is 0 Å². The van der Waals surface area contributed by atoms with Gasteiger partial charge in [0, 0.05) is 17.5 Å². The molecule has 0 bridgehead atoms. The van der Waals surface area contributed by atoms with Gasteiger partial charge in [0.25, 0.3) is 0 Å². The van der Waals surface area contributed by atoms with Crippen molar-refractivity contribution in [3.05, 3.63) is 22.4 Å². The van der Waals surface area contributed by atoms with Gasteiger partial charge in [-0.2, -0.15) is 0 Å². The van der Waals surface area contributed by atoms with Gasteiger partial charge >= 0.3 is 0 Å². The van der Waals surface area contributed by atoms with E-state index in [1.807, 2.05) is 11.4 Å². The topological polar surface area (TPSA) is 46.2 Å². The first-order valence-corrected chi connectivity index (χ1v) is 5.12. The molecule has 0 aromatic carbocycles. The number of nitrogens with two attached hydrogens (primary N) is 1. The van der Waals surface area contributed by atoms with Crippen LogP contribution in [0.2, 0.25) is 0 Å². The fraction of sp³-hybridized carbons (Fsp3) is 0.556. The summed E-state index contributed by atoms with van der Waals surface area (Å²) in [6.07, 6.45) is 2.84.